The van der Waals surface area contributed by atoms with Gasteiger partial charge in [0.1, 0.15) is 0 Å². The van der Waals surface area contributed by atoms with Crippen molar-refractivity contribution < 1.29 is 69.5 Å². The molecule has 0 aliphatic heterocycles. The number of aliphatic hydroxyl groups excluding tert-OH is 1. The molecular formula is C20H41KO4S. The molecule has 0 bridgehead atoms. The Labute approximate surface area is 205 Å². The van der Waals surface area contributed by atoms with E-state index >= 15 is 0 Å². The van der Waals surface area contributed by atoms with Crippen molar-refractivity contribution in [2.75, 3.05) is 5.75 Å². The molecule has 152 valence electrons. The Balaban J connectivity index is 0. The van der Waals surface area contributed by atoms with Crippen LogP contribution in [0.2, 0.25) is 0 Å². The molecule has 0 aliphatic rings. The van der Waals surface area contributed by atoms with Crippen LogP contribution in [0.15, 0.2) is 0 Å². The number of rotatable bonds is 19. The van der Waals surface area contributed by atoms with Gasteiger partial charge in [0, 0.05) is 5.75 Å². The van der Waals surface area contributed by atoms with Crippen molar-refractivity contribution in [1.29, 1.82) is 0 Å². The minimum absolute atomic E-state index is 0. The van der Waals surface area contributed by atoms with Crippen LogP contribution in [0.1, 0.15) is 116 Å². The van der Waals surface area contributed by atoms with Gasteiger partial charge in [-0.3, -0.25) is 0 Å². The first kappa shape index (κ1) is 29.7. The van der Waals surface area contributed by atoms with Crippen LogP contribution in [0.4, 0.5) is 0 Å². The average molecular weight is 417 g/mol. The van der Waals surface area contributed by atoms with Crippen molar-refractivity contribution in [1.82, 2.24) is 0 Å². The molecule has 0 radical (unpaired) electrons. The van der Waals surface area contributed by atoms with E-state index in [0.29, 0.717) is 6.42 Å². The summed E-state index contributed by atoms with van der Waals surface area (Å²) < 4.78 is 31.4. The van der Waals surface area contributed by atoms with E-state index in [4.69, 9.17) is 0 Å². The summed E-state index contributed by atoms with van der Waals surface area (Å²) in [6.07, 6.45) is 18.9. The van der Waals surface area contributed by atoms with Crippen LogP contribution in [0.25, 0.3) is 0 Å². The Morgan fingerprint density at radius 2 is 1.04 bits per heavy atom. The maximum absolute atomic E-state index is 10.5. The fourth-order valence-electron chi connectivity index (χ4n) is 3.20. The summed E-state index contributed by atoms with van der Waals surface area (Å²) in [7, 11) is -4.04. The molecule has 0 aromatic carbocycles. The molecule has 4 nitrogen and oxygen atoms in total. The van der Waals surface area contributed by atoms with Gasteiger partial charge < -0.3 is 9.66 Å². The average Bonchev–Trinajstić information content (AvgIpc) is 2.54. The van der Waals surface area contributed by atoms with Gasteiger partial charge >= 0.3 is 51.4 Å². The normalized spacial score (nSPS) is 12.7. The van der Waals surface area contributed by atoms with Crippen molar-refractivity contribution in [3.63, 3.8) is 0 Å². The molecule has 0 aliphatic carbocycles. The third-order valence-electron chi connectivity index (χ3n) is 4.82. The van der Waals surface area contributed by atoms with Crippen LogP contribution in [0, 0.1) is 0 Å². The summed E-state index contributed by atoms with van der Waals surface area (Å²) in [4.78, 5) is 0. The molecule has 6 heteroatoms. The van der Waals surface area contributed by atoms with Gasteiger partial charge in [0.05, 0.1) is 16.2 Å². The Morgan fingerprint density at radius 3 is 1.42 bits per heavy atom. The van der Waals surface area contributed by atoms with Gasteiger partial charge in [-0.25, -0.2) is 8.42 Å². The van der Waals surface area contributed by atoms with Crippen LogP contribution in [-0.4, -0.2) is 29.9 Å². The second-order valence-corrected chi connectivity index (χ2v) is 8.97. The third kappa shape index (κ3) is 25.5. The predicted molar refractivity (Wildman–Crippen MR) is 105 cm³/mol. The molecule has 0 rings (SSSR count). The van der Waals surface area contributed by atoms with Crippen molar-refractivity contribution in [3.8, 4) is 0 Å². The summed E-state index contributed by atoms with van der Waals surface area (Å²) >= 11 is 0. The fourth-order valence-corrected chi connectivity index (χ4v) is 3.76. The van der Waals surface area contributed by atoms with E-state index in [1.165, 1.54) is 51.4 Å². The predicted octanol–water partition coefficient (Wildman–Crippen LogP) is 2.55. The summed E-state index contributed by atoms with van der Waals surface area (Å²) in [5.74, 6) is -0.232. The van der Waals surface area contributed by atoms with Gasteiger partial charge in [-0.05, 0) is 19.3 Å². The molecule has 1 N–H and O–H groups in total. The van der Waals surface area contributed by atoms with Gasteiger partial charge in [0.15, 0.2) is 0 Å². The largest absolute Gasteiger partial charge is 1.00 e. The van der Waals surface area contributed by atoms with Crippen LogP contribution >= 0.6 is 0 Å². The molecule has 26 heavy (non-hydrogen) atoms. The first-order valence-electron chi connectivity index (χ1n) is 10.6. The van der Waals surface area contributed by atoms with Gasteiger partial charge in [-0.15, -0.1) is 0 Å². The molecule has 1 atom stereocenters. The van der Waals surface area contributed by atoms with E-state index in [1.54, 1.807) is 0 Å². The van der Waals surface area contributed by atoms with Crippen LogP contribution < -0.4 is 51.4 Å². The van der Waals surface area contributed by atoms with Crippen molar-refractivity contribution in [2.45, 2.75) is 122 Å². The van der Waals surface area contributed by atoms with E-state index in [0.717, 1.165) is 51.4 Å². The second-order valence-electron chi connectivity index (χ2n) is 7.44. The summed E-state index contributed by atoms with van der Waals surface area (Å²) in [6, 6.07) is 0. The maximum atomic E-state index is 10.5. The van der Waals surface area contributed by atoms with Gasteiger partial charge in [-0.1, -0.05) is 96.8 Å². The zero-order chi connectivity index (χ0) is 18.8. The van der Waals surface area contributed by atoms with Crippen molar-refractivity contribution >= 4 is 10.1 Å². The molecule has 0 fully saturated rings. The Kier molecular flexibility index (Phi) is 24.2. The second kappa shape index (κ2) is 21.2. The molecule has 0 aromatic heterocycles. The molecule has 0 amide bonds. The topological polar surface area (TPSA) is 77.4 Å². The molecule has 0 aromatic rings. The maximum Gasteiger partial charge on any atom is 1.00 e. The third-order valence-corrected chi connectivity index (χ3v) is 5.61. The van der Waals surface area contributed by atoms with E-state index in [1.807, 2.05) is 0 Å². The summed E-state index contributed by atoms with van der Waals surface area (Å²) in [6.45, 7) is 2.25. The zero-order valence-corrected chi connectivity index (χ0v) is 21.3. The van der Waals surface area contributed by atoms with E-state index in [-0.39, 0.29) is 63.2 Å². The monoisotopic (exact) mass is 416 g/mol. The SMILES string of the molecule is CCCCCCCCCCCC(O)CCCCCCCCS(=O)(=O)[O-].[K+]. The molecule has 0 saturated carbocycles. The molecule has 0 heterocycles. The quantitative estimate of drug-likeness (QED) is 0.199. The number of aliphatic hydroxyl groups is 1. The molecule has 0 spiro atoms. The zero-order valence-electron chi connectivity index (χ0n) is 17.4. The minimum atomic E-state index is -4.04. The number of hydrogen-bond acceptors (Lipinski definition) is 4. The first-order chi connectivity index (χ1) is 12.0. The Bertz CT molecular complexity index is 374. The standard InChI is InChI=1S/C20H42O4S.K/c1-2-3-4-5-6-7-8-11-14-17-20(21)18-15-12-9-10-13-16-19-25(22,23)24;/h20-21H,2-19H2,1H3,(H,22,23,24);/q;+1/p-1. The van der Waals surface area contributed by atoms with Crippen LogP contribution in [0.5, 0.6) is 0 Å². The summed E-state index contributed by atoms with van der Waals surface area (Å²) in [5.41, 5.74) is 0. The molecule has 0 saturated heterocycles. The first-order valence-corrected chi connectivity index (χ1v) is 12.1. The number of hydrogen-bond donors (Lipinski definition) is 1. The van der Waals surface area contributed by atoms with Crippen LogP contribution in [-0.2, 0) is 10.1 Å². The van der Waals surface area contributed by atoms with Gasteiger partial charge in [0.2, 0.25) is 0 Å². The van der Waals surface area contributed by atoms with Crippen molar-refractivity contribution in [2.24, 2.45) is 0 Å². The van der Waals surface area contributed by atoms with Gasteiger partial charge in [0.25, 0.3) is 0 Å². The van der Waals surface area contributed by atoms with E-state index in [9.17, 15) is 18.1 Å². The van der Waals surface area contributed by atoms with Crippen LogP contribution in [0.3, 0.4) is 0 Å². The Morgan fingerprint density at radius 1 is 0.692 bits per heavy atom. The Hall–Kier alpha value is 1.51. The minimum Gasteiger partial charge on any atom is -0.748 e. The molecule has 1 unspecified atom stereocenters. The van der Waals surface area contributed by atoms with Crippen molar-refractivity contribution in [3.05, 3.63) is 0 Å². The van der Waals surface area contributed by atoms with Gasteiger partial charge in [-0.2, -0.15) is 0 Å². The smallest absolute Gasteiger partial charge is 0.748 e. The fraction of sp³-hybridized carbons (Fsp3) is 1.00. The molecular weight excluding hydrogens is 375 g/mol. The van der Waals surface area contributed by atoms with E-state index < -0.39 is 10.1 Å². The summed E-state index contributed by atoms with van der Waals surface area (Å²) in [5, 5.41) is 9.98. The van der Waals surface area contributed by atoms with E-state index in [2.05, 4.69) is 6.92 Å². The number of unbranched alkanes of at least 4 members (excludes halogenated alkanes) is 13.